The van der Waals surface area contributed by atoms with E-state index in [-0.39, 0.29) is 0 Å². The predicted molar refractivity (Wildman–Crippen MR) is 187 cm³/mol. The van der Waals surface area contributed by atoms with Gasteiger partial charge < -0.3 is 4.74 Å². The second-order valence-corrected chi connectivity index (χ2v) is 11.6. The quantitative estimate of drug-likeness (QED) is 0.112. The van der Waals surface area contributed by atoms with Crippen LogP contribution in [0.15, 0.2) is 146 Å². The van der Waals surface area contributed by atoms with Crippen LogP contribution in [-0.2, 0) is 12.1 Å². The lowest BCUT2D eigenvalue weighted by Gasteiger charge is -2.34. The first-order chi connectivity index (χ1) is 23.6. The molecule has 0 atom stereocenters. The summed E-state index contributed by atoms with van der Waals surface area (Å²) in [6.07, 6.45) is 0.797. The molecule has 7 aromatic rings. The van der Waals surface area contributed by atoms with Gasteiger partial charge in [-0.3, -0.25) is 9.78 Å². The molecule has 0 aliphatic heterocycles. The van der Waals surface area contributed by atoms with E-state index in [9.17, 15) is 4.79 Å². The highest BCUT2D eigenvalue weighted by Gasteiger charge is 2.41. The summed E-state index contributed by atoms with van der Waals surface area (Å²) in [5.74, 6) is 1.06. The molecule has 0 saturated heterocycles. The Bertz CT molecular complexity index is 2070. The van der Waals surface area contributed by atoms with Gasteiger partial charge in [-0.15, -0.1) is 15.0 Å². The van der Waals surface area contributed by atoms with E-state index < -0.39 is 5.54 Å². The SMILES string of the molecule is Cc1cc(OCc2ccc(-c3ccccc3-c3nnn(C(c4ccccc4)(c4ccccc4)c4ccccc4)n3)cc2)c(C=O)c(C)n1. The fourth-order valence-electron chi connectivity index (χ4n) is 6.29. The van der Waals surface area contributed by atoms with Crippen LogP contribution in [0.2, 0.25) is 0 Å². The second-order valence-electron chi connectivity index (χ2n) is 11.6. The van der Waals surface area contributed by atoms with Gasteiger partial charge in [-0.2, -0.15) is 0 Å². The minimum atomic E-state index is -0.860. The maximum absolute atomic E-state index is 11.7. The number of aromatic nitrogens is 5. The van der Waals surface area contributed by atoms with Crippen LogP contribution < -0.4 is 4.74 Å². The summed E-state index contributed by atoms with van der Waals surface area (Å²) in [6.45, 7) is 4.02. The zero-order valence-electron chi connectivity index (χ0n) is 26.7. The van der Waals surface area contributed by atoms with Gasteiger partial charge in [0.2, 0.25) is 5.82 Å². The molecular formula is C41H33N5O2. The highest BCUT2D eigenvalue weighted by Crippen LogP contribution is 2.40. The van der Waals surface area contributed by atoms with E-state index in [2.05, 4.69) is 64.7 Å². The molecule has 48 heavy (non-hydrogen) atoms. The van der Waals surface area contributed by atoms with Crippen molar-refractivity contribution in [2.75, 3.05) is 0 Å². The van der Waals surface area contributed by atoms with Crippen molar-refractivity contribution >= 4 is 6.29 Å². The summed E-state index contributed by atoms with van der Waals surface area (Å²) in [4.78, 5) is 17.8. The van der Waals surface area contributed by atoms with Crippen LogP contribution in [0.1, 0.15) is 44.0 Å². The molecule has 0 aliphatic rings. The minimum Gasteiger partial charge on any atom is -0.488 e. The Hall–Kier alpha value is -6.21. The van der Waals surface area contributed by atoms with Crippen molar-refractivity contribution in [3.63, 3.8) is 0 Å². The van der Waals surface area contributed by atoms with Gasteiger partial charge in [-0.05, 0) is 52.4 Å². The topological polar surface area (TPSA) is 82.8 Å². The lowest BCUT2D eigenvalue weighted by Crippen LogP contribution is -2.39. The van der Waals surface area contributed by atoms with E-state index in [1.54, 1.807) is 10.9 Å². The highest BCUT2D eigenvalue weighted by atomic mass is 16.5. The Balaban J connectivity index is 1.25. The summed E-state index contributed by atoms with van der Waals surface area (Å²) in [6, 6.07) is 49.0. The molecule has 234 valence electrons. The predicted octanol–water partition coefficient (Wildman–Crippen LogP) is 8.25. The molecule has 0 unspecified atom stereocenters. The number of rotatable bonds is 10. The van der Waals surface area contributed by atoms with Gasteiger partial charge >= 0.3 is 0 Å². The largest absolute Gasteiger partial charge is 0.488 e. The Morgan fingerprint density at radius 2 is 1.23 bits per heavy atom. The van der Waals surface area contributed by atoms with Crippen molar-refractivity contribution in [3.05, 3.63) is 185 Å². The summed E-state index contributed by atoms with van der Waals surface area (Å²) in [5.41, 5.74) is 7.98. The molecule has 0 aliphatic carbocycles. The maximum Gasteiger partial charge on any atom is 0.205 e. The zero-order chi connectivity index (χ0) is 32.9. The first-order valence-corrected chi connectivity index (χ1v) is 15.8. The molecule has 0 bridgehead atoms. The molecule has 0 saturated carbocycles. The number of aldehydes is 1. The summed E-state index contributed by atoms with van der Waals surface area (Å²) < 4.78 is 6.06. The molecule has 5 aromatic carbocycles. The molecule has 0 fully saturated rings. The number of hydrogen-bond donors (Lipinski definition) is 0. The van der Waals surface area contributed by atoms with Crippen LogP contribution >= 0.6 is 0 Å². The van der Waals surface area contributed by atoms with Crippen molar-refractivity contribution < 1.29 is 9.53 Å². The van der Waals surface area contributed by atoms with Gasteiger partial charge in [0.1, 0.15) is 12.4 Å². The number of nitrogens with zero attached hydrogens (tertiary/aromatic N) is 5. The molecule has 7 nitrogen and oxygen atoms in total. The third kappa shape index (κ3) is 5.67. The van der Waals surface area contributed by atoms with Gasteiger partial charge in [0.15, 0.2) is 11.8 Å². The van der Waals surface area contributed by atoms with Crippen molar-refractivity contribution in [1.29, 1.82) is 0 Å². The van der Waals surface area contributed by atoms with Crippen LogP contribution in [0.3, 0.4) is 0 Å². The van der Waals surface area contributed by atoms with E-state index in [0.29, 0.717) is 29.4 Å². The standard InChI is InChI=1S/C41H33N5O2/c1-29-26-39(38(27-47)30(2)42-29)48-28-31-22-24-32(25-23-31)36-20-12-13-21-37(36)40-43-45-46(44-40)41(33-14-6-3-7-15-33,34-16-8-4-9-17-34)35-18-10-5-11-19-35/h3-27H,28H2,1-2H3. The fourth-order valence-corrected chi connectivity index (χ4v) is 6.29. The third-order valence-electron chi connectivity index (χ3n) is 8.57. The number of aryl methyl sites for hydroxylation is 2. The van der Waals surface area contributed by atoms with Crippen molar-refractivity contribution in [1.82, 2.24) is 25.2 Å². The molecule has 7 rings (SSSR count). The molecule has 0 amide bonds. The van der Waals surface area contributed by atoms with Gasteiger partial charge in [-0.1, -0.05) is 140 Å². The molecular weight excluding hydrogens is 594 g/mol. The summed E-state index contributed by atoms with van der Waals surface area (Å²) in [5, 5.41) is 14.5. The van der Waals surface area contributed by atoms with Gasteiger partial charge in [0, 0.05) is 17.3 Å². The molecule has 0 radical (unpaired) electrons. The lowest BCUT2D eigenvalue weighted by atomic mass is 9.77. The third-order valence-corrected chi connectivity index (χ3v) is 8.57. The van der Waals surface area contributed by atoms with E-state index in [4.69, 9.17) is 15.0 Å². The molecule has 2 heterocycles. The summed E-state index contributed by atoms with van der Waals surface area (Å²) in [7, 11) is 0. The fraction of sp³-hybridized carbons (Fsp3) is 0.0976. The number of benzene rings is 5. The normalized spacial score (nSPS) is 11.3. The molecule has 0 spiro atoms. The van der Waals surface area contributed by atoms with Crippen LogP contribution in [0.25, 0.3) is 22.5 Å². The van der Waals surface area contributed by atoms with Crippen LogP contribution in [0, 0.1) is 13.8 Å². The molecule has 0 N–H and O–H groups in total. The number of pyridine rings is 1. The Labute approximate surface area is 279 Å². The van der Waals surface area contributed by atoms with Crippen molar-refractivity contribution in [3.8, 4) is 28.3 Å². The second kappa shape index (κ2) is 13.3. The van der Waals surface area contributed by atoms with Gasteiger partial charge in [-0.25, -0.2) is 0 Å². The number of carbonyl (C=O) groups excluding carboxylic acids is 1. The summed E-state index contributed by atoms with van der Waals surface area (Å²) >= 11 is 0. The van der Waals surface area contributed by atoms with E-state index in [0.717, 1.165) is 50.9 Å². The maximum atomic E-state index is 11.7. The minimum absolute atomic E-state index is 0.322. The Morgan fingerprint density at radius 3 is 1.79 bits per heavy atom. The lowest BCUT2D eigenvalue weighted by molar-refractivity contribution is 0.111. The number of carbonyl (C=O) groups is 1. The average Bonchev–Trinajstić information content (AvgIpc) is 3.63. The first kappa shape index (κ1) is 30.4. The molecule has 7 heteroatoms. The Morgan fingerprint density at radius 1 is 0.688 bits per heavy atom. The van der Waals surface area contributed by atoms with Crippen LogP contribution in [-0.4, -0.2) is 31.5 Å². The highest BCUT2D eigenvalue weighted by molar-refractivity contribution is 5.81. The number of hydrogen-bond acceptors (Lipinski definition) is 6. The average molecular weight is 628 g/mol. The first-order valence-electron chi connectivity index (χ1n) is 15.8. The van der Waals surface area contributed by atoms with E-state index in [1.165, 1.54) is 0 Å². The van der Waals surface area contributed by atoms with Crippen LogP contribution in [0.5, 0.6) is 5.75 Å². The number of tetrazole rings is 1. The Kier molecular flexibility index (Phi) is 8.41. The zero-order valence-corrected chi connectivity index (χ0v) is 26.7. The smallest absolute Gasteiger partial charge is 0.205 e. The monoisotopic (exact) mass is 627 g/mol. The van der Waals surface area contributed by atoms with Gasteiger partial charge in [0.05, 0.1) is 11.3 Å². The van der Waals surface area contributed by atoms with Crippen molar-refractivity contribution in [2.45, 2.75) is 26.0 Å². The van der Waals surface area contributed by atoms with Crippen molar-refractivity contribution in [2.24, 2.45) is 0 Å². The van der Waals surface area contributed by atoms with E-state index >= 15 is 0 Å². The number of ether oxygens (including phenoxy) is 1. The van der Waals surface area contributed by atoms with E-state index in [1.807, 2.05) is 98.8 Å². The molecule has 2 aromatic heterocycles. The van der Waals surface area contributed by atoms with Gasteiger partial charge in [0.25, 0.3) is 0 Å². The van der Waals surface area contributed by atoms with Crippen LogP contribution in [0.4, 0.5) is 0 Å².